The Morgan fingerprint density at radius 2 is 1.58 bits per heavy atom. The predicted octanol–water partition coefficient (Wildman–Crippen LogP) is 3.22. The second-order valence-electron chi connectivity index (χ2n) is 7.32. The molecule has 0 saturated carbocycles. The molecule has 0 unspecified atom stereocenters. The first kappa shape index (κ1) is 26.1. The van der Waals surface area contributed by atoms with Crippen LogP contribution in [0.5, 0.6) is 23.0 Å². The molecule has 0 aromatic heterocycles. The number of anilines is 1. The van der Waals surface area contributed by atoms with Gasteiger partial charge in [0.2, 0.25) is 5.91 Å². The molecular weight excluding hydrogens is 448 g/mol. The van der Waals surface area contributed by atoms with Gasteiger partial charge in [-0.15, -0.1) is 0 Å². The highest BCUT2D eigenvalue weighted by molar-refractivity contribution is 7.92. The van der Waals surface area contributed by atoms with Gasteiger partial charge < -0.3 is 24.3 Å². The van der Waals surface area contributed by atoms with Crippen molar-refractivity contribution in [1.29, 1.82) is 0 Å². The van der Waals surface area contributed by atoms with Crippen molar-refractivity contribution in [2.24, 2.45) is 0 Å². The lowest BCUT2D eigenvalue weighted by molar-refractivity contribution is -0.120. The number of ether oxygens (including phenoxy) is 4. The van der Waals surface area contributed by atoms with Crippen LogP contribution in [0.4, 0.5) is 5.69 Å². The topological polar surface area (TPSA) is 103 Å². The number of nitrogens with zero attached hydrogens (tertiary/aromatic N) is 1. The highest BCUT2D eigenvalue weighted by Crippen LogP contribution is 2.37. The minimum Gasteiger partial charge on any atom is -0.497 e. The molecule has 0 aliphatic carbocycles. The molecule has 0 radical (unpaired) electrons. The number of hydrogen-bond donors (Lipinski definition) is 1. The minimum absolute atomic E-state index is 0.0700. The van der Waals surface area contributed by atoms with Gasteiger partial charge >= 0.3 is 0 Å². The van der Waals surface area contributed by atoms with E-state index in [1.807, 2.05) is 13.8 Å². The monoisotopic (exact) mass is 480 g/mol. The summed E-state index contributed by atoms with van der Waals surface area (Å²) in [5.41, 5.74) is 0.171. The van der Waals surface area contributed by atoms with Crippen molar-refractivity contribution < 1.29 is 32.2 Å². The maximum atomic E-state index is 13.8. The molecule has 2 aromatic carbocycles. The molecule has 182 valence electrons. The fourth-order valence-electron chi connectivity index (χ4n) is 3.35. The van der Waals surface area contributed by atoms with Crippen LogP contribution < -0.4 is 28.6 Å². The number of sulfonamides is 1. The first-order valence-corrected chi connectivity index (χ1v) is 11.9. The van der Waals surface area contributed by atoms with E-state index >= 15 is 0 Å². The summed E-state index contributed by atoms with van der Waals surface area (Å²) in [6.07, 6.45) is 1.66. The molecular formula is C23H32N2O7S. The van der Waals surface area contributed by atoms with Gasteiger partial charge in [-0.25, -0.2) is 8.42 Å². The van der Waals surface area contributed by atoms with Crippen LogP contribution >= 0.6 is 0 Å². The number of hydrogen-bond acceptors (Lipinski definition) is 7. The molecule has 0 bridgehead atoms. The zero-order valence-electron chi connectivity index (χ0n) is 19.9. The van der Waals surface area contributed by atoms with E-state index in [4.69, 9.17) is 18.9 Å². The fraction of sp³-hybridized carbons (Fsp3) is 0.435. The molecule has 0 heterocycles. The first-order valence-electron chi connectivity index (χ1n) is 10.5. The number of benzene rings is 2. The van der Waals surface area contributed by atoms with Gasteiger partial charge in [-0.05, 0) is 37.6 Å². The summed E-state index contributed by atoms with van der Waals surface area (Å²) in [5.74, 6) is 0.877. The van der Waals surface area contributed by atoms with Gasteiger partial charge in [0.05, 0.1) is 39.0 Å². The zero-order valence-corrected chi connectivity index (χ0v) is 20.7. The fourth-order valence-corrected chi connectivity index (χ4v) is 4.79. The minimum atomic E-state index is -4.21. The molecule has 10 heteroatoms. The molecule has 1 amide bonds. The SMILES string of the molecule is CCC[C@@H](C)NC(=O)CN(c1cc(OC)ccc1OC)S(=O)(=O)c1ccc(OC)c(OC)c1. The lowest BCUT2D eigenvalue weighted by atomic mass is 10.2. The van der Waals surface area contributed by atoms with Gasteiger partial charge in [0.25, 0.3) is 10.0 Å². The quantitative estimate of drug-likeness (QED) is 0.497. The molecule has 9 nitrogen and oxygen atoms in total. The van der Waals surface area contributed by atoms with E-state index in [9.17, 15) is 13.2 Å². The maximum Gasteiger partial charge on any atom is 0.265 e. The molecule has 1 N–H and O–H groups in total. The van der Waals surface area contributed by atoms with Crippen molar-refractivity contribution in [1.82, 2.24) is 5.32 Å². The van der Waals surface area contributed by atoms with E-state index in [-0.39, 0.29) is 28.1 Å². The first-order chi connectivity index (χ1) is 15.7. The second-order valence-corrected chi connectivity index (χ2v) is 9.19. The Morgan fingerprint density at radius 1 is 0.939 bits per heavy atom. The predicted molar refractivity (Wildman–Crippen MR) is 126 cm³/mol. The largest absolute Gasteiger partial charge is 0.497 e. The van der Waals surface area contributed by atoms with E-state index < -0.39 is 22.5 Å². The number of rotatable bonds is 12. The summed E-state index contributed by atoms with van der Waals surface area (Å²) >= 11 is 0. The van der Waals surface area contributed by atoms with Gasteiger partial charge in [0, 0.05) is 18.2 Å². The molecule has 0 fully saturated rings. The van der Waals surface area contributed by atoms with Gasteiger partial charge in [0.1, 0.15) is 18.0 Å². The van der Waals surface area contributed by atoms with E-state index in [0.717, 1.165) is 17.1 Å². The third-order valence-electron chi connectivity index (χ3n) is 5.01. The zero-order chi connectivity index (χ0) is 24.6. The summed E-state index contributed by atoms with van der Waals surface area (Å²) in [7, 11) is 1.56. The van der Waals surface area contributed by atoms with Crippen LogP contribution in [0.15, 0.2) is 41.3 Å². The normalized spacial score (nSPS) is 11.9. The van der Waals surface area contributed by atoms with E-state index in [1.165, 1.54) is 52.7 Å². The van der Waals surface area contributed by atoms with E-state index in [0.29, 0.717) is 11.5 Å². The van der Waals surface area contributed by atoms with Gasteiger partial charge in [-0.3, -0.25) is 9.10 Å². The van der Waals surface area contributed by atoms with Gasteiger partial charge in [-0.1, -0.05) is 13.3 Å². The summed E-state index contributed by atoms with van der Waals surface area (Å²) in [6, 6.07) is 8.89. The van der Waals surface area contributed by atoms with Crippen molar-refractivity contribution in [2.75, 3.05) is 39.3 Å². The average Bonchev–Trinajstić information content (AvgIpc) is 2.81. The van der Waals surface area contributed by atoms with E-state index in [1.54, 1.807) is 12.1 Å². The van der Waals surface area contributed by atoms with Crippen molar-refractivity contribution in [3.63, 3.8) is 0 Å². The number of nitrogens with one attached hydrogen (secondary N) is 1. The summed E-state index contributed by atoms with van der Waals surface area (Å²) in [4.78, 5) is 12.8. The highest BCUT2D eigenvalue weighted by atomic mass is 32.2. The second kappa shape index (κ2) is 11.6. The van der Waals surface area contributed by atoms with Crippen molar-refractivity contribution in [2.45, 2.75) is 37.6 Å². The highest BCUT2D eigenvalue weighted by Gasteiger charge is 2.31. The Kier molecular flexibility index (Phi) is 9.22. The smallest absolute Gasteiger partial charge is 0.265 e. The summed E-state index contributed by atoms with van der Waals surface area (Å²) in [6.45, 7) is 3.44. The Hall–Kier alpha value is -3.14. The van der Waals surface area contributed by atoms with Crippen LogP contribution in [-0.2, 0) is 14.8 Å². The molecule has 0 saturated heterocycles. The Balaban J connectivity index is 2.60. The van der Waals surface area contributed by atoms with Gasteiger partial charge in [-0.2, -0.15) is 0 Å². The Morgan fingerprint density at radius 3 is 2.15 bits per heavy atom. The molecule has 1 atom stereocenters. The van der Waals surface area contributed by atoms with Crippen molar-refractivity contribution in [3.8, 4) is 23.0 Å². The van der Waals surface area contributed by atoms with Crippen LogP contribution in [0.3, 0.4) is 0 Å². The van der Waals surface area contributed by atoms with E-state index in [2.05, 4.69) is 5.32 Å². The average molecular weight is 481 g/mol. The third kappa shape index (κ3) is 6.22. The maximum absolute atomic E-state index is 13.8. The van der Waals surface area contributed by atoms with Crippen LogP contribution in [0.2, 0.25) is 0 Å². The van der Waals surface area contributed by atoms with Crippen LogP contribution in [0, 0.1) is 0 Å². The molecule has 2 rings (SSSR count). The number of amides is 1. The lowest BCUT2D eigenvalue weighted by Gasteiger charge is -2.27. The van der Waals surface area contributed by atoms with Crippen LogP contribution in [0.25, 0.3) is 0 Å². The number of methoxy groups -OCH3 is 4. The summed E-state index contributed by atoms with van der Waals surface area (Å²) in [5, 5.41) is 2.85. The molecule has 33 heavy (non-hydrogen) atoms. The third-order valence-corrected chi connectivity index (χ3v) is 6.77. The molecule has 0 aliphatic heterocycles. The Bertz CT molecular complexity index is 1060. The summed E-state index contributed by atoms with van der Waals surface area (Å²) < 4.78 is 49.7. The molecule has 0 spiro atoms. The number of carbonyl (C=O) groups is 1. The van der Waals surface area contributed by atoms with Crippen molar-refractivity contribution >= 4 is 21.6 Å². The molecule has 0 aliphatic rings. The molecule has 2 aromatic rings. The standard InChI is InChI=1S/C23H32N2O7S/c1-7-8-16(2)24-23(26)15-25(19-13-17(29-3)9-11-20(19)30-4)33(27,28)18-10-12-21(31-5)22(14-18)32-6/h9-14,16H,7-8,15H2,1-6H3,(H,24,26)/t16-/m1/s1. The van der Waals surface area contributed by atoms with Crippen molar-refractivity contribution in [3.05, 3.63) is 36.4 Å². The number of carbonyl (C=O) groups excluding carboxylic acids is 1. The lowest BCUT2D eigenvalue weighted by Crippen LogP contribution is -2.43. The van der Waals surface area contributed by atoms with Gasteiger partial charge in [0.15, 0.2) is 11.5 Å². The Labute approximate surface area is 195 Å². The van der Waals surface area contributed by atoms with Crippen LogP contribution in [-0.4, -0.2) is 55.4 Å². The van der Waals surface area contributed by atoms with Crippen LogP contribution in [0.1, 0.15) is 26.7 Å².